The summed E-state index contributed by atoms with van der Waals surface area (Å²) in [6.07, 6.45) is -0.218. The minimum Gasteiger partial charge on any atom is -0.493 e. The fraction of sp³-hybridized carbons (Fsp3) is 0.238. The zero-order valence-corrected chi connectivity index (χ0v) is 16.1. The number of nitrogens with zero attached hydrogens (tertiary/aromatic N) is 2. The van der Waals surface area contributed by atoms with Crippen LogP contribution in [0.4, 0.5) is 4.39 Å². The summed E-state index contributed by atoms with van der Waals surface area (Å²) in [6, 6.07) is 13.5. The Morgan fingerprint density at radius 3 is 2.62 bits per heavy atom. The van der Waals surface area contributed by atoms with Crippen molar-refractivity contribution < 1.29 is 18.7 Å². The van der Waals surface area contributed by atoms with Crippen molar-refractivity contribution in [3.05, 3.63) is 65.6 Å². The lowest BCUT2D eigenvalue weighted by Crippen LogP contribution is -2.45. The second-order valence-corrected chi connectivity index (χ2v) is 6.66. The number of methoxy groups -OCH3 is 2. The van der Waals surface area contributed by atoms with Crippen molar-refractivity contribution in [2.24, 2.45) is 0 Å². The molecule has 0 fully saturated rings. The molecule has 0 saturated heterocycles. The van der Waals surface area contributed by atoms with E-state index in [1.165, 1.54) is 12.1 Å². The van der Waals surface area contributed by atoms with Crippen molar-refractivity contribution in [2.45, 2.75) is 12.7 Å². The van der Waals surface area contributed by atoms with Crippen molar-refractivity contribution in [1.82, 2.24) is 20.4 Å². The molecule has 0 spiro atoms. The van der Waals surface area contributed by atoms with E-state index in [1.807, 2.05) is 18.2 Å². The van der Waals surface area contributed by atoms with Crippen LogP contribution in [-0.2, 0) is 6.54 Å². The molecule has 1 aromatic heterocycles. The summed E-state index contributed by atoms with van der Waals surface area (Å²) in [7, 11) is 3.19. The van der Waals surface area contributed by atoms with Gasteiger partial charge in [-0.25, -0.2) is 9.07 Å². The highest BCUT2D eigenvalue weighted by Crippen LogP contribution is 2.28. The van der Waals surface area contributed by atoms with Gasteiger partial charge in [-0.1, -0.05) is 6.07 Å². The number of carbonyl (C=O) groups is 1. The summed E-state index contributed by atoms with van der Waals surface area (Å²) in [5, 5.41) is 10.9. The van der Waals surface area contributed by atoms with Crippen LogP contribution < -0.4 is 20.1 Å². The van der Waals surface area contributed by atoms with Gasteiger partial charge < -0.3 is 14.8 Å². The topological polar surface area (TPSA) is 77.4 Å². The molecule has 2 N–H and O–H groups in total. The number of ether oxygens (including phenoxy) is 2. The number of hydrogen-bond donors (Lipinski definition) is 2. The molecule has 1 aliphatic heterocycles. The lowest BCUT2D eigenvalue weighted by atomic mass is 10.1. The fourth-order valence-corrected chi connectivity index (χ4v) is 3.31. The Bertz CT molecular complexity index is 1030. The third-order valence-corrected chi connectivity index (χ3v) is 4.85. The van der Waals surface area contributed by atoms with Gasteiger partial charge in [0.2, 0.25) is 0 Å². The molecule has 8 heteroatoms. The SMILES string of the molecule is COc1ccc(CNC2CNC(=O)c3cc(-c4ccc(F)cc4)nn32)cc1OC. The molecule has 1 aliphatic rings. The average molecular weight is 396 g/mol. The minimum absolute atomic E-state index is 0.185. The second kappa shape index (κ2) is 7.92. The fourth-order valence-electron chi connectivity index (χ4n) is 3.31. The number of hydrogen-bond acceptors (Lipinski definition) is 5. The van der Waals surface area contributed by atoms with Gasteiger partial charge in [0.25, 0.3) is 5.91 Å². The number of halogens is 1. The standard InChI is InChI=1S/C21H21FN4O3/c1-28-18-8-3-13(9-19(18)29-2)11-23-20-12-24-21(27)17-10-16(25-26(17)20)14-4-6-15(22)7-5-14/h3-10,20,23H,11-12H2,1-2H3,(H,24,27). The first-order valence-electron chi connectivity index (χ1n) is 9.17. The summed E-state index contributed by atoms with van der Waals surface area (Å²) in [4.78, 5) is 12.3. The second-order valence-electron chi connectivity index (χ2n) is 6.66. The van der Waals surface area contributed by atoms with Gasteiger partial charge in [0.05, 0.1) is 26.5 Å². The molecule has 4 rings (SSSR count). The van der Waals surface area contributed by atoms with E-state index >= 15 is 0 Å². The largest absolute Gasteiger partial charge is 0.493 e. The van der Waals surface area contributed by atoms with Crippen LogP contribution in [0.2, 0.25) is 0 Å². The molecule has 3 aromatic rings. The van der Waals surface area contributed by atoms with E-state index in [1.54, 1.807) is 37.1 Å². The highest BCUT2D eigenvalue weighted by atomic mass is 19.1. The van der Waals surface area contributed by atoms with Gasteiger partial charge in [-0.15, -0.1) is 0 Å². The van der Waals surface area contributed by atoms with Crippen molar-refractivity contribution >= 4 is 5.91 Å². The van der Waals surface area contributed by atoms with Crippen molar-refractivity contribution in [3.8, 4) is 22.8 Å². The number of carbonyl (C=O) groups excluding carboxylic acids is 1. The molecule has 1 atom stereocenters. The molecule has 0 bridgehead atoms. The lowest BCUT2D eigenvalue weighted by Gasteiger charge is -2.26. The number of rotatable bonds is 6. The highest BCUT2D eigenvalue weighted by molar-refractivity contribution is 5.94. The van der Waals surface area contributed by atoms with Crippen LogP contribution in [0.3, 0.4) is 0 Å². The number of benzene rings is 2. The Labute approximate surface area is 167 Å². The van der Waals surface area contributed by atoms with E-state index in [9.17, 15) is 9.18 Å². The molecular formula is C21H21FN4O3. The summed E-state index contributed by atoms with van der Waals surface area (Å²) in [6.45, 7) is 0.954. The molecule has 0 aliphatic carbocycles. The molecule has 29 heavy (non-hydrogen) atoms. The van der Waals surface area contributed by atoms with Gasteiger partial charge >= 0.3 is 0 Å². The van der Waals surface area contributed by atoms with Crippen LogP contribution in [0.15, 0.2) is 48.5 Å². The van der Waals surface area contributed by atoms with E-state index in [4.69, 9.17) is 9.47 Å². The van der Waals surface area contributed by atoms with E-state index in [-0.39, 0.29) is 17.9 Å². The van der Waals surface area contributed by atoms with Gasteiger partial charge in [0.1, 0.15) is 17.7 Å². The smallest absolute Gasteiger partial charge is 0.269 e. The molecule has 2 aromatic carbocycles. The predicted octanol–water partition coefficient (Wildman–Crippen LogP) is 2.74. The number of amides is 1. The van der Waals surface area contributed by atoms with E-state index in [0.29, 0.717) is 36.0 Å². The zero-order chi connectivity index (χ0) is 20.4. The highest BCUT2D eigenvalue weighted by Gasteiger charge is 2.27. The average Bonchev–Trinajstić information content (AvgIpc) is 3.20. The Hall–Kier alpha value is -3.39. The monoisotopic (exact) mass is 396 g/mol. The van der Waals surface area contributed by atoms with Crippen LogP contribution in [-0.4, -0.2) is 36.5 Å². The Kier molecular flexibility index (Phi) is 5.18. The van der Waals surface area contributed by atoms with Crippen molar-refractivity contribution in [2.75, 3.05) is 20.8 Å². The Balaban J connectivity index is 1.55. The van der Waals surface area contributed by atoms with Crippen LogP contribution in [0.5, 0.6) is 11.5 Å². The van der Waals surface area contributed by atoms with Crippen molar-refractivity contribution in [1.29, 1.82) is 0 Å². The van der Waals surface area contributed by atoms with Crippen LogP contribution in [0.25, 0.3) is 11.3 Å². The van der Waals surface area contributed by atoms with Gasteiger partial charge in [0, 0.05) is 12.1 Å². The van der Waals surface area contributed by atoms with Gasteiger partial charge in [-0.05, 0) is 48.0 Å². The lowest BCUT2D eigenvalue weighted by molar-refractivity contribution is 0.0900. The molecule has 0 radical (unpaired) electrons. The normalized spacial score (nSPS) is 15.6. The van der Waals surface area contributed by atoms with E-state index < -0.39 is 0 Å². The number of fused-ring (bicyclic) bond motifs is 1. The predicted molar refractivity (Wildman–Crippen MR) is 105 cm³/mol. The maximum Gasteiger partial charge on any atom is 0.269 e. The van der Waals surface area contributed by atoms with E-state index in [0.717, 1.165) is 11.1 Å². The summed E-state index contributed by atoms with van der Waals surface area (Å²) in [5.41, 5.74) is 2.84. The summed E-state index contributed by atoms with van der Waals surface area (Å²) >= 11 is 0. The van der Waals surface area contributed by atoms with Crippen LogP contribution >= 0.6 is 0 Å². The Morgan fingerprint density at radius 1 is 1.14 bits per heavy atom. The molecule has 2 heterocycles. The molecule has 150 valence electrons. The first-order chi connectivity index (χ1) is 14.1. The third kappa shape index (κ3) is 3.79. The summed E-state index contributed by atoms with van der Waals surface area (Å²) < 4.78 is 25.5. The van der Waals surface area contributed by atoms with E-state index in [2.05, 4.69) is 15.7 Å². The summed E-state index contributed by atoms with van der Waals surface area (Å²) in [5.74, 6) is 0.821. The van der Waals surface area contributed by atoms with Gasteiger partial charge in [-0.2, -0.15) is 5.10 Å². The van der Waals surface area contributed by atoms with Crippen LogP contribution in [0.1, 0.15) is 22.2 Å². The first-order valence-corrected chi connectivity index (χ1v) is 9.17. The Morgan fingerprint density at radius 2 is 1.90 bits per heavy atom. The molecule has 0 saturated carbocycles. The third-order valence-electron chi connectivity index (χ3n) is 4.85. The first kappa shape index (κ1) is 18.9. The molecular weight excluding hydrogens is 375 g/mol. The number of aromatic nitrogens is 2. The molecule has 7 nitrogen and oxygen atoms in total. The van der Waals surface area contributed by atoms with Crippen molar-refractivity contribution in [3.63, 3.8) is 0 Å². The van der Waals surface area contributed by atoms with Crippen LogP contribution in [0, 0.1) is 5.82 Å². The molecule has 1 unspecified atom stereocenters. The zero-order valence-electron chi connectivity index (χ0n) is 16.1. The quantitative estimate of drug-likeness (QED) is 0.670. The minimum atomic E-state index is -0.315. The van der Waals surface area contributed by atoms with Gasteiger partial charge in [-0.3, -0.25) is 10.1 Å². The van der Waals surface area contributed by atoms with Gasteiger partial charge in [0.15, 0.2) is 11.5 Å². The maximum absolute atomic E-state index is 13.2. The maximum atomic E-state index is 13.2. The molecule has 1 amide bonds. The number of nitrogens with one attached hydrogen (secondary N) is 2.